The first-order chi connectivity index (χ1) is 16.3. The lowest BCUT2D eigenvalue weighted by atomic mass is 10.0. The number of benzene rings is 3. The number of thioether (sulfide) groups is 1. The van der Waals surface area contributed by atoms with Crippen LogP contribution in [-0.4, -0.2) is 31.8 Å². The molecule has 0 aliphatic heterocycles. The molecule has 4 rings (SSSR count). The molecule has 2 N–H and O–H groups in total. The predicted octanol–water partition coefficient (Wildman–Crippen LogP) is 6.11. The molecule has 0 spiro atoms. The van der Waals surface area contributed by atoms with Crippen LogP contribution in [0.5, 0.6) is 0 Å². The van der Waals surface area contributed by atoms with Crippen LogP contribution in [0.1, 0.15) is 30.9 Å². The number of halogens is 1. The zero-order valence-electron chi connectivity index (χ0n) is 19.0. The fourth-order valence-electron chi connectivity index (χ4n) is 3.31. The highest BCUT2D eigenvalue weighted by Gasteiger charge is 2.12. The molecule has 0 radical (unpaired) electrons. The molecule has 34 heavy (non-hydrogen) atoms. The van der Waals surface area contributed by atoms with Crippen molar-refractivity contribution in [1.82, 2.24) is 20.3 Å². The smallest absolute Gasteiger partial charge is 0.236 e. The van der Waals surface area contributed by atoms with Gasteiger partial charge in [-0.1, -0.05) is 37.6 Å². The number of aryl methyl sites for hydroxylation is 1. The van der Waals surface area contributed by atoms with Gasteiger partial charge in [-0.15, -0.1) is 22.0 Å². The Balaban J connectivity index is 1.41. The van der Waals surface area contributed by atoms with E-state index in [1.54, 1.807) is 16.9 Å². The van der Waals surface area contributed by atoms with Crippen molar-refractivity contribution in [1.29, 1.82) is 0 Å². The van der Waals surface area contributed by atoms with E-state index in [1.165, 1.54) is 17.3 Å². The Morgan fingerprint density at radius 1 is 1.06 bits per heavy atom. The summed E-state index contributed by atoms with van der Waals surface area (Å²) in [5.41, 5.74) is 5.39. The normalized spacial score (nSPS) is 11.1. The molecule has 0 atom stereocenters. The Hall–Kier alpha value is -2.94. The number of fused-ring (bicyclic) bond motifs is 1. The molecule has 0 unspecified atom stereocenters. The predicted molar refractivity (Wildman–Crippen MR) is 144 cm³/mol. The Morgan fingerprint density at radius 3 is 2.35 bits per heavy atom. The van der Waals surface area contributed by atoms with Gasteiger partial charge in [-0.3, -0.25) is 4.79 Å². The number of rotatable bonds is 6. The summed E-state index contributed by atoms with van der Waals surface area (Å²) < 4.78 is 0. The maximum atomic E-state index is 12.3. The Labute approximate surface area is 213 Å². The van der Waals surface area contributed by atoms with Gasteiger partial charge in [0.2, 0.25) is 5.91 Å². The second-order valence-corrected chi connectivity index (χ2v) is 10.0. The second kappa shape index (κ2) is 10.5. The number of anilines is 1. The topological polar surface area (TPSA) is 71.8 Å². The molecule has 0 bridgehead atoms. The largest absolute Gasteiger partial charge is 0.332 e. The SMILES string of the molecule is Cc1cc2nn(-c3ccc(C(C)C)cc3)nc2cc1NC(=S)NC(=O)CSc1ccc(Cl)cc1. The summed E-state index contributed by atoms with van der Waals surface area (Å²) in [7, 11) is 0. The standard InChI is InChI=1S/C25H24ClN5OS2/c1-15(2)17-4-8-19(9-5-17)31-29-22-12-16(3)21(13-23(22)30-31)27-25(33)28-24(32)14-34-20-10-6-18(26)7-11-20/h4-13,15H,14H2,1-3H3,(H2,27,28,32,33). The van der Waals surface area contributed by atoms with E-state index in [2.05, 4.69) is 46.8 Å². The van der Waals surface area contributed by atoms with Crippen LogP contribution in [0.3, 0.4) is 0 Å². The van der Waals surface area contributed by atoms with E-state index in [4.69, 9.17) is 23.8 Å². The van der Waals surface area contributed by atoms with Crippen molar-refractivity contribution in [2.75, 3.05) is 11.1 Å². The molecule has 1 heterocycles. The van der Waals surface area contributed by atoms with E-state index in [0.29, 0.717) is 10.9 Å². The molecule has 0 saturated heterocycles. The summed E-state index contributed by atoms with van der Waals surface area (Å²) >= 11 is 12.7. The third-order valence-corrected chi connectivity index (χ3v) is 6.67. The molecule has 0 fully saturated rings. The third-order valence-electron chi connectivity index (χ3n) is 5.20. The Kier molecular flexibility index (Phi) is 7.50. The molecule has 174 valence electrons. The highest BCUT2D eigenvalue weighted by Crippen LogP contribution is 2.23. The lowest BCUT2D eigenvalue weighted by Crippen LogP contribution is -2.35. The molecule has 3 aromatic carbocycles. The number of carbonyl (C=O) groups excluding carboxylic acids is 1. The summed E-state index contributed by atoms with van der Waals surface area (Å²) in [6, 6.07) is 19.4. The van der Waals surface area contributed by atoms with Crippen LogP contribution in [0.4, 0.5) is 5.69 Å². The summed E-state index contributed by atoms with van der Waals surface area (Å²) in [5, 5.41) is 16.0. The average Bonchev–Trinajstić information content (AvgIpc) is 3.21. The molecule has 9 heteroatoms. The maximum Gasteiger partial charge on any atom is 0.236 e. The molecular weight excluding hydrogens is 486 g/mol. The molecule has 1 amide bonds. The van der Waals surface area contributed by atoms with Crippen LogP contribution in [0, 0.1) is 6.92 Å². The number of hydrogen-bond donors (Lipinski definition) is 2. The van der Waals surface area contributed by atoms with Gasteiger partial charge in [0.05, 0.1) is 11.4 Å². The molecule has 1 aromatic heterocycles. The van der Waals surface area contributed by atoms with Crippen molar-refractivity contribution < 1.29 is 4.79 Å². The van der Waals surface area contributed by atoms with Crippen LogP contribution in [0.15, 0.2) is 65.6 Å². The minimum atomic E-state index is -0.188. The van der Waals surface area contributed by atoms with Gasteiger partial charge in [-0.2, -0.15) is 4.80 Å². The third kappa shape index (κ3) is 5.94. The maximum absolute atomic E-state index is 12.3. The molecular formula is C25H24ClN5OS2. The van der Waals surface area contributed by atoms with Gasteiger partial charge in [0, 0.05) is 15.6 Å². The van der Waals surface area contributed by atoms with E-state index in [9.17, 15) is 4.79 Å². The van der Waals surface area contributed by atoms with Gasteiger partial charge < -0.3 is 10.6 Å². The minimum absolute atomic E-state index is 0.188. The fraction of sp³-hybridized carbons (Fsp3) is 0.200. The number of nitrogens with one attached hydrogen (secondary N) is 2. The molecule has 4 aromatic rings. The van der Waals surface area contributed by atoms with Gasteiger partial charge in [-0.25, -0.2) is 0 Å². The minimum Gasteiger partial charge on any atom is -0.332 e. The first kappa shape index (κ1) is 24.2. The highest BCUT2D eigenvalue weighted by molar-refractivity contribution is 8.00. The monoisotopic (exact) mass is 509 g/mol. The second-order valence-electron chi connectivity index (χ2n) is 8.14. The van der Waals surface area contributed by atoms with E-state index in [1.807, 2.05) is 43.3 Å². The summed E-state index contributed by atoms with van der Waals surface area (Å²) in [6.45, 7) is 6.29. The first-order valence-electron chi connectivity index (χ1n) is 10.8. The lowest BCUT2D eigenvalue weighted by Gasteiger charge is -2.11. The molecule has 6 nitrogen and oxygen atoms in total. The molecule has 0 aliphatic carbocycles. The first-order valence-corrected chi connectivity index (χ1v) is 12.5. The molecule has 0 aliphatic rings. The molecule has 0 saturated carbocycles. The Bertz CT molecular complexity index is 1330. The van der Waals surface area contributed by atoms with Gasteiger partial charge in [0.1, 0.15) is 11.0 Å². The van der Waals surface area contributed by atoms with Crippen LogP contribution in [-0.2, 0) is 4.79 Å². The number of thiocarbonyl (C=S) groups is 1. The number of nitrogens with zero attached hydrogens (tertiary/aromatic N) is 3. The lowest BCUT2D eigenvalue weighted by molar-refractivity contribution is -0.117. The zero-order chi connectivity index (χ0) is 24.2. The van der Waals surface area contributed by atoms with Crippen LogP contribution >= 0.6 is 35.6 Å². The van der Waals surface area contributed by atoms with Crippen molar-refractivity contribution >= 4 is 63.3 Å². The number of hydrogen-bond acceptors (Lipinski definition) is 5. The average molecular weight is 510 g/mol. The summed E-state index contributed by atoms with van der Waals surface area (Å²) in [5.74, 6) is 0.521. The zero-order valence-corrected chi connectivity index (χ0v) is 21.4. The quantitative estimate of drug-likeness (QED) is 0.241. The van der Waals surface area contributed by atoms with Gasteiger partial charge >= 0.3 is 0 Å². The number of aromatic nitrogens is 3. The summed E-state index contributed by atoms with van der Waals surface area (Å²) in [4.78, 5) is 14.9. The van der Waals surface area contributed by atoms with Gasteiger partial charge in [0.15, 0.2) is 5.11 Å². The van der Waals surface area contributed by atoms with E-state index in [-0.39, 0.29) is 16.8 Å². The highest BCUT2D eigenvalue weighted by atomic mass is 35.5. The van der Waals surface area contributed by atoms with Crippen LogP contribution in [0.2, 0.25) is 5.02 Å². The van der Waals surface area contributed by atoms with Gasteiger partial charge in [-0.05, 0) is 84.7 Å². The number of amides is 1. The Morgan fingerprint density at radius 2 is 1.71 bits per heavy atom. The van der Waals surface area contributed by atoms with E-state index >= 15 is 0 Å². The van der Waals surface area contributed by atoms with Crippen molar-refractivity contribution in [3.05, 3.63) is 76.8 Å². The van der Waals surface area contributed by atoms with Crippen molar-refractivity contribution in [2.45, 2.75) is 31.6 Å². The van der Waals surface area contributed by atoms with Gasteiger partial charge in [0.25, 0.3) is 0 Å². The summed E-state index contributed by atoms with van der Waals surface area (Å²) in [6.07, 6.45) is 0. The number of carbonyl (C=O) groups is 1. The van der Waals surface area contributed by atoms with E-state index in [0.717, 1.165) is 32.9 Å². The van der Waals surface area contributed by atoms with Crippen molar-refractivity contribution in [3.63, 3.8) is 0 Å². The van der Waals surface area contributed by atoms with Crippen molar-refractivity contribution in [2.24, 2.45) is 0 Å². The van der Waals surface area contributed by atoms with Crippen LogP contribution in [0.25, 0.3) is 16.7 Å². The van der Waals surface area contributed by atoms with E-state index < -0.39 is 0 Å². The van der Waals surface area contributed by atoms with Crippen molar-refractivity contribution in [3.8, 4) is 5.69 Å². The fourth-order valence-corrected chi connectivity index (χ4v) is 4.35. The van der Waals surface area contributed by atoms with Crippen LogP contribution < -0.4 is 10.6 Å².